The number of aryl methyl sites for hydroxylation is 1. The Bertz CT molecular complexity index is 590. The second-order valence-electron chi connectivity index (χ2n) is 3.53. The van der Waals surface area contributed by atoms with Gasteiger partial charge in [0.2, 0.25) is 0 Å². The highest BCUT2D eigenvalue weighted by molar-refractivity contribution is 6.30. The van der Waals surface area contributed by atoms with Crippen LogP contribution in [0.1, 0.15) is 11.5 Å². The molecule has 0 aliphatic carbocycles. The third kappa shape index (κ3) is 2.79. The van der Waals surface area contributed by atoms with Gasteiger partial charge in [0.15, 0.2) is 5.82 Å². The van der Waals surface area contributed by atoms with Gasteiger partial charge in [-0.3, -0.25) is 4.57 Å². The van der Waals surface area contributed by atoms with E-state index in [9.17, 15) is 4.79 Å². The first-order valence-electron chi connectivity index (χ1n) is 4.86. The fourth-order valence-electron chi connectivity index (χ4n) is 1.42. The van der Waals surface area contributed by atoms with Gasteiger partial charge in [0.05, 0.1) is 17.8 Å². The van der Waals surface area contributed by atoms with E-state index in [1.165, 1.54) is 17.0 Å². The lowest BCUT2D eigenvalue weighted by Gasteiger charge is -2.05. The Hall–Kier alpha value is -1.95. The van der Waals surface area contributed by atoms with Gasteiger partial charge in [-0.05, 0) is 6.92 Å². The summed E-state index contributed by atoms with van der Waals surface area (Å²) >= 11 is 5.76. The van der Waals surface area contributed by atoms with Crippen molar-refractivity contribution in [1.29, 1.82) is 0 Å². The predicted molar refractivity (Wildman–Crippen MR) is 63.8 cm³/mol. The number of halogens is 1. The molecule has 0 saturated carbocycles. The smallest absolute Gasteiger partial charge is 0.348 e. The van der Waals surface area contributed by atoms with E-state index in [0.717, 1.165) is 5.69 Å². The Morgan fingerprint density at radius 2 is 2.24 bits per heavy atom. The molecule has 2 heterocycles. The van der Waals surface area contributed by atoms with Crippen molar-refractivity contribution in [3.8, 4) is 0 Å². The Balaban J connectivity index is 2.37. The minimum Gasteiger partial charge on any atom is -0.384 e. The second-order valence-corrected chi connectivity index (χ2v) is 3.97. The second kappa shape index (κ2) is 4.50. The number of anilines is 1. The Kier molecular flexibility index (Phi) is 3.06. The molecule has 2 N–H and O–H groups in total. The lowest BCUT2D eigenvalue weighted by atomic mass is 10.4. The number of nitrogens with zero attached hydrogens (tertiary/aromatic N) is 4. The van der Waals surface area contributed by atoms with E-state index in [0.29, 0.717) is 16.7 Å². The summed E-state index contributed by atoms with van der Waals surface area (Å²) in [4.78, 5) is 23.3. The maximum atomic E-state index is 11.5. The van der Waals surface area contributed by atoms with Gasteiger partial charge in [0, 0.05) is 18.0 Å². The molecular weight excluding hydrogens is 242 g/mol. The number of rotatable bonds is 2. The number of hydrogen-bond donors (Lipinski definition) is 1. The molecular formula is C10H10ClN5O. The minimum atomic E-state index is -0.405. The highest BCUT2D eigenvalue weighted by atomic mass is 35.5. The summed E-state index contributed by atoms with van der Waals surface area (Å²) in [5.74, 6) is 0.823. The highest BCUT2D eigenvalue weighted by Gasteiger charge is 2.04. The van der Waals surface area contributed by atoms with Crippen LogP contribution < -0.4 is 11.4 Å². The van der Waals surface area contributed by atoms with Crippen LogP contribution in [0.5, 0.6) is 0 Å². The van der Waals surface area contributed by atoms with Gasteiger partial charge in [0.25, 0.3) is 0 Å². The third-order valence-corrected chi connectivity index (χ3v) is 2.25. The van der Waals surface area contributed by atoms with Gasteiger partial charge in [-0.15, -0.1) is 0 Å². The van der Waals surface area contributed by atoms with Crippen LogP contribution in [-0.4, -0.2) is 19.5 Å². The molecule has 0 aliphatic heterocycles. The van der Waals surface area contributed by atoms with Crippen molar-refractivity contribution in [2.45, 2.75) is 13.5 Å². The molecule has 0 aliphatic rings. The molecule has 0 unspecified atom stereocenters. The zero-order chi connectivity index (χ0) is 12.4. The van der Waals surface area contributed by atoms with Gasteiger partial charge >= 0.3 is 5.69 Å². The molecule has 0 spiro atoms. The van der Waals surface area contributed by atoms with E-state index in [-0.39, 0.29) is 6.54 Å². The highest BCUT2D eigenvalue weighted by Crippen LogP contribution is 2.05. The van der Waals surface area contributed by atoms with E-state index in [4.69, 9.17) is 17.3 Å². The first kappa shape index (κ1) is 11.5. The Labute approximate surface area is 102 Å². The van der Waals surface area contributed by atoms with Crippen molar-refractivity contribution in [2.75, 3.05) is 5.73 Å². The molecule has 2 aromatic heterocycles. The van der Waals surface area contributed by atoms with E-state index >= 15 is 0 Å². The first-order valence-corrected chi connectivity index (χ1v) is 5.24. The molecule has 88 valence electrons. The normalized spacial score (nSPS) is 10.5. The molecule has 0 aromatic carbocycles. The largest absolute Gasteiger partial charge is 0.384 e. The van der Waals surface area contributed by atoms with Crippen molar-refractivity contribution >= 4 is 17.4 Å². The van der Waals surface area contributed by atoms with Crippen LogP contribution in [-0.2, 0) is 6.54 Å². The molecule has 6 nitrogen and oxygen atoms in total. The van der Waals surface area contributed by atoms with Gasteiger partial charge < -0.3 is 5.73 Å². The Morgan fingerprint density at radius 1 is 1.47 bits per heavy atom. The molecule has 0 amide bonds. The summed E-state index contributed by atoms with van der Waals surface area (Å²) in [7, 11) is 0. The zero-order valence-corrected chi connectivity index (χ0v) is 9.85. The van der Waals surface area contributed by atoms with E-state index in [2.05, 4.69) is 15.0 Å². The van der Waals surface area contributed by atoms with Crippen LogP contribution in [0, 0.1) is 6.92 Å². The summed E-state index contributed by atoms with van der Waals surface area (Å²) in [5.41, 5.74) is 5.94. The first-order chi connectivity index (χ1) is 8.04. The summed E-state index contributed by atoms with van der Waals surface area (Å²) in [6.45, 7) is 2.00. The molecule has 7 heteroatoms. The standard InChI is InChI=1S/C10H10ClN5O/c1-6-2-8(12)15-9(14-6)5-16-4-7(11)3-13-10(16)17/h2-4H,5H2,1H3,(H2,12,14,15). The summed E-state index contributed by atoms with van der Waals surface area (Å²) in [6.07, 6.45) is 2.78. The van der Waals surface area contributed by atoms with E-state index in [1.54, 1.807) is 13.0 Å². The Morgan fingerprint density at radius 3 is 2.94 bits per heavy atom. The van der Waals surface area contributed by atoms with E-state index < -0.39 is 5.69 Å². The molecule has 2 rings (SSSR count). The van der Waals surface area contributed by atoms with Crippen LogP contribution in [0.4, 0.5) is 5.82 Å². The van der Waals surface area contributed by atoms with Crippen LogP contribution >= 0.6 is 11.6 Å². The molecule has 0 atom stereocenters. The molecule has 17 heavy (non-hydrogen) atoms. The van der Waals surface area contributed by atoms with Crippen molar-refractivity contribution in [1.82, 2.24) is 19.5 Å². The van der Waals surface area contributed by atoms with Gasteiger partial charge in [-0.1, -0.05) is 11.6 Å². The maximum absolute atomic E-state index is 11.5. The zero-order valence-electron chi connectivity index (χ0n) is 9.09. The van der Waals surface area contributed by atoms with Gasteiger partial charge in [-0.2, -0.15) is 0 Å². The number of hydrogen-bond acceptors (Lipinski definition) is 5. The van der Waals surface area contributed by atoms with Crippen LogP contribution in [0.3, 0.4) is 0 Å². The van der Waals surface area contributed by atoms with Gasteiger partial charge in [0.1, 0.15) is 5.82 Å². The van der Waals surface area contributed by atoms with E-state index in [1.807, 2.05) is 0 Å². The lowest BCUT2D eigenvalue weighted by Crippen LogP contribution is -2.23. The van der Waals surface area contributed by atoms with Crippen LogP contribution in [0.15, 0.2) is 23.3 Å². The topological polar surface area (TPSA) is 86.7 Å². The van der Waals surface area contributed by atoms with Crippen molar-refractivity contribution in [2.24, 2.45) is 0 Å². The maximum Gasteiger partial charge on any atom is 0.348 e. The van der Waals surface area contributed by atoms with Crippen molar-refractivity contribution in [3.63, 3.8) is 0 Å². The summed E-state index contributed by atoms with van der Waals surface area (Å²) < 4.78 is 1.33. The average molecular weight is 252 g/mol. The summed E-state index contributed by atoms with van der Waals surface area (Å²) in [6, 6.07) is 1.66. The number of nitrogens with two attached hydrogens (primary N) is 1. The van der Waals surface area contributed by atoms with Gasteiger partial charge in [-0.25, -0.2) is 19.7 Å². The van der Waals surface area contributed by atoms with Crippen molar-refractivity contribution < 1.29 is 0 Å². The molecule has 0 fully saturated rings. The van der Waals surface area contributed by atoms with Crippen LogP contribution in [0.2, 0.25) is 5.02 Å². The number of nitrogen functional groups attached to an aromatic ring is 1. The quantitative estimate of drug-likeness (QED) is 0.846. The lowest BCUT2D eigenvalue weighted by molar-refractivity contribution is 0.689. The molecule has 0 saturated heterocycles. The third-order valence-electron chi connectivity index (χ3n) is 2.06. The fraction of sp³-hybridized carbons (Fsp3) is 0.200. The van der Waals surface area contributed by atoms with Crippen LogP contribution in [0.25, 0.3) is 0 Å². The minimum absolute atomic E-state index is 0.193. The summed E-state index contributed by atoms with van der Waals surface area (Å²) in [5, 5.41) is 0.380. The fourth-order valence-corrected chi connectivity index (χ4v) is 1.59. The number of aromatic nitrogens is 4. The van der Waals surface area contributed by atoms with Crippen molar-refractivity contribution in [3.05, 3.63) is 45.5 Å². The SMILES string of the molecule is Cc1cc(N)nc(Cn2cc(Cl)cnc2=O)n1. The monoisotopic (exact) mass is 251 g/mol. The molecule has 2 aromatic rings. The predicted octanol–water partition coefficient (Wildman–Crippen LogP) is 0.626. The average Bonchev–Trinajstić information content (AvgIpc) is 2.22. The molecule has 0 bridgehead atoms. The molecule has 0 radical (unpaired) electrons.